The summed E-state index contributed by atoms with van der Waals surface area (Å²) in [6, 6.07) is 10.7. The zero-order valence-electron chi connectivity index (χ0n) is 9.61. The number of halogens is 2. The highest BCUT2D eigenvalue weighted by Crippen LogP contribution is 2.37. The van der Waals surface area contributed by atoms with Gasteiger partial charge in [-0.3, -0.25) is 4.79 Å². The van der Waals surface area contributed by atoms with Crippen molar-refractivity contribution < 1.29 is 9.53 Å². The smallest absolute Gasteiger partial charge is 0.156 e. The lowest BCUT2D eigenvalue weighted by Gasteiger charge is -2.09. The number of carbonyl (C=O) groups excluding carboxylic acids is 1. The van der Waals surface area contributed by atoms with Crippen LogP contribution in [0.4, 0.5) is 0 Å². The molecule has 0 amide bonds. The van der Waals surface area contributed by atoms with Gasteiger partial charge >= 0.3 is 0 Å². The Morgan fingerprint density at radius 3 is 2.00 bits per heavy atom. The van der Waals surface area contributed by atoms with Crippen LogP contribution in [0.1, 0.15) is 10.4 Å². The van der Waals surface area contributed by atoms with Crippen molar-refractivity contribution in [3.63, 3.8) is 0 Å². The van der Waals surface area contributed by atoms with Crippen LogP contribution in [-0.4, -0.2) is 13.4 Å². The van der Waals surface area contributed by atoms with Crippen molar-refractivity contribution in [3.05, 3.63) is 52.0 Å². The highest BCUT2D eigenvalue weighted by molar-refractivity contribution is 6.37. The van der Waals surface area contributed by atoms with E-state index in [4.69, 9.17) is 27.9 Å². The Hall–Kier alpha value is -1.51. The zero-order chi connectivity index (χ0) is 13.1. The van der Waals surface area contributed by atoms with E-state index in [1.165, 1.54) is 7.11 Å². The fourth-order valence-corrected chi connectivity index (χ4v) is 2.32. The van der Waals surface area contributed by atoms with Gasteiger partial charge in [0.2, 0.25) is 0 Å². The van der Waals surface area contributed by atoms with E-state index in [1.807, 2.05) is 12.1 Å². The average Bonchev–Trinajstić information content (AvgIpc) is 2.38. The van der Waals surface area contributed by atoms with Crippen LogP contribution < -0.4 is 4.74 Å². The summed E-state index contributed by atoms with van der Waals surface area (Å²) in [4.78, 5) is 10.6. The fraction of sp³-hybridized carbons (Fsp3) is 0.0714. The second-order valence-corrected chi connectivity index (χ2v) is 4.53. The molecule has 0 unspecified atom stereocenters. The van der Waals surface area contributed by atoms with Gasteiger partial charge in [0, 0.05) is 5.56 Å². The van der Waals surface area contributed by atoms with Gasteiger partial charge in [0.1, 0.15) is 6.29 Å². The molecule has 0 saturated carbocycles. The minimum atomic E-state index is 0.458. The highest BCUT2D eigenvalue weighted by Gasteiger charge is 2.09. The maximum absolute atomic E-state index is 10.6. The molecule has 18 heavy (non-hydrogen) atoms. The van der Waals surface area contributed by atoms with Crippen molar-refractivity contribution in [1.29, 1.82) is 0 Å². The molecule has 0 N–H and O–H groups in total. The number of rotatable bonds is 3. The second kappa shape index (κ2) is 5.42. The minimum absolute atomic E-state index is 0.458. The van der Waals surface area contributed by atoms with E-state index in [0.29, 0.717) is 21.4 Å². The Bertz CT molecular complexity index is 554. The van der Waals surface area contributed by atoms with Crippen LogP contribution in [-0.2, 0) is 0 Å². The van der Waals surface area contributed by atoms with Crippen LogP contribution in [0.15, 0.2) is 36.4 Å². The van der Waals surface area contributed by atoms with E-state index in [1.54, 1.807) is 24.3 Å². The van der Waals surface area contributed by atoms with Gasteiger partial charge < -0.3 is 4.74 Å². The maximum atomic E-state index is 10.6. The van der Waals surface area contributed by atoms with Crippen molar-refractivity contribution >= 4 is 29.5 Å². The van der Waals surface area contributed by atoms with Gasteiger partial charge in [-0.15, -0.1) is 0 Å². The molecule has 0 aliphatic carbocycles. The summed E-state index contributed by atoms with van der Waals surface area (Å²) in [5.74, 6) is 0.464. The molecule has 0 spiro atoms. The normalized spacial score (nSPS) is 10.2. The first-order valence-corrected chi connectivity index (χ1v) is 6.00. The number of hydrogen-bond donors (Lipinski definition) is 0. The van der Waals surface area contributed by atoms with Crippen LogP contribution in [0.5, 0.6) is 5.75 Å². The maximum Gasteiger partial charge on any atom is 0.156 e. The number of hydrogen-bond acceptors (Lipinski definition) is 2. The van der Waals surface area contributed by atoms with Crippen molar-refractivity contribution in [2.75, 3.05) is 7.11 Å². The predicted octanol–water partition coefficient (Wildman–Crippen LogP) is 4.48. The van der Waals surface area contributed by atoms with Crippen LogP contribution in [0.2, 0.25) is 10.0 Å². The van der Waals surface area contributed by atoms with Crippen LogP contribution in [0, 0.1) is 0 Å². The number of methoxy groups -OCH3 is 1. The number of ether oxygens (including phenoxy) is 1. The third-order valence-corrected chi connectivity index (χ3v) is 3.14. The molecule has 92 valence electrons. The molecule has 2 aromatic rings. The van der Waals surface area contributed by atoms with E-state index < -0.39 is 0 Å². The summed E-state index contributed by atoms with van der Waals surface area (Å²) in [6.45, 7) is 0. The molecule has 0 heterocycles. The summed E-state index contributed by atoms with van der Waals surface area (Å²) < 4.78 is 5.09. The Labute approximate surface area is 115 Å². The summed E-state index contributed by atoms with van der Waals surface area (Å²) in [5.41, 5.74) is 2.44. The molecule has 4 heteroatoms. The lowest BCUT2D eigenvalue weighted by Crippen LogP contribution is -1.87. The largest absolute Gasteiger partial charge is 0.494 e. The van der Waals surface area contributed by atoms with E-state index in [0.717, 1.165) is 17.4 Å². The predicted molar refractivity (Wildman–Crippen MR) is 73.8 cm³/mol. The van der Waals surface area contributed by atoms with Gasteiger partial charge in [0.05, 0.1) is 17.2 Å². The molecule has 0 radical (unpaired) electrons. The molecule has 0 aliphatic rings. The van der Waals surface area contributed by atoms with Gasteiger partial charge in [0.25, 0.3) is 0 Å². The summed E-state index contributed by atoms with van der Waals surface area (Å²) in [7, 11) is 1.52. The minimum Gasteiger partial charge on any atom is -0.494 e. The third-order valence-electron chi connectivity index (χ3n) is 2.58. The molecular formula is C14H10Cl2O2. The Morgan fingerprint density at radius 1 is 1.00 bits per heavy atom. The van der Waals surface area contributed by atoms with Crippen LogP contribution in [0.3, 0.4) is 0 Å². The Morgan fingerprint density at radius 2 is 1.56 bits per heavy atom. The van der Waals surface area contributed by atoms with Gasteiger partial charge in [-0.1, -0.05) is 47.5 Å². The van der Waals surface area contributed by atoms with Gasteiger partial charge in [-0.2, -0.15) is 0 Å². The molecular weight excluding hydrogens is 271 g/mol. The standard InChI is InChI=1S/C14H10Cl2O2/c1-18-14-12(15)6-11(7-13(14)16)10-4-2-9(8-17)3-5-10/h2-8H,1H3. The molecule has 2 aromatic carbocycles. The summed E-state index contributed by atoms with van der Waals surface area (Å²) >= 11 is 12.2. The first-order valence-electron chi connectivity index (χ1n) is 5.24. The second-order valence-electron chi connectivity index (χ2n) is 3.71. The monoisotopic (exact) mass is 280 g/mol. The molecule has 0 bridgehead atoms. The molecule has 2 rings (SSSR count). The van der Waals surface area contributed by atoms with Crippen LogP contribution in [0.25, 0.3) is 11.1 Å². The van der Waals surface area contributed by atoms with E-state index in [2.05, 4.69) is 0 Å². The first kappa shape index (κ1) is 12.9. The molecule has 0 aliphatic heterocycles. The molecule has 2 nitrogen and oxygen atoms in total. The Kier molecular flexibility index (Phi) is 3.90. The SMILES string of the molecule is COc1c(Cl)cc(-c2ccc(C=O)cc2)cc1Cl. The Balaban J connectivity index is 2.47. The molecule has 0 fully saturated rings. The first-order chi connectivity index (χ1) is 8.65. The summed E-state index contributed by atoms with van der Waals surface area (Å²) in [5, 5.41) is 0.916. The van der Waals surface area contributed by atoms with Crippen molar-refractivity contribution in [2.45, 2.75) is 0 Å². The van der Waals surface area contributed by atoms with E-state index in [-0.39, 0.29) is 0 Å². The van der Waals surface area contributed by atoms with Gasteiger partial charge in [-0.25, -0.2) is 0 Å². The van der Waals surface area contributed by atoms with Gasteiger partial charge in [-0.05, 0) is 23.3 Å². The quantitative estimate of drug-likeness (QED) is 0.775. The van der Waals surface area contributed by atoms with Gasteiger partial charge in [0.15, 0.2) is 5.75 Å². The highest BCUT2D eigenvalue weighted by atomic mass is 35.5. The van der Waals surface area contributed by atoms with Crippen molar-refractivity contribution in [2.24, 2.45) is 0 Å². The lowest BCUT2D eigenvalue weighted by atomic mass is 10.0. The van der Waals surface area contributed by atoms with E-state index in [9.17, 15) is 4.79 Å². The zero-order valence-corrected chi connectivity index (χ0v) is 11.1. The van der Waals surface area contributed by atoms with Crippen LogP contribution >= 0.6 is 23.2 Å². The van der Waals surface area contributed by atoms with Crippen molar-refractivity contribution in [1.82, 2.24) is 0 Å². The lowest BCUT2D eigenvalue weighted by molar-refractivity contribution is 0.112. The topological polar surface area (TPSA) is 26.3 Å². The van der Waals surface area contributed by atoms with Crippen molar-refractivity contribution in [3.8, 4) is 16.9 Å². The third kappa shape index (κ3) is 2.50. The number of benzene rings is 2. The van der Waals surface area contributed by atoms with E-state index >= 15 is 0 Å². The molecule has 0 aromatic heterocycles. The number of aldehydes is 1. The number of carbonyl (C=O) groups is 1. The molecule has 0 atom stereocenters. The summed E-state index contributed by atoms with van der Waals surface area (Å²) in [6.07, 6.45) is 0.803. The average molecular weight is 281 g/mol. The fourth-order valence-electron chi connectivity index (χ4n) is 1.68. The molecule has 0 saturated heterocycles.